The minimum atomic E-state index is -4.14. The molecule has 1 fully saturated rings. The highest BCUT2D eigenvalue weighted by molar-refractivity contribution is 9.10. The second kappa shape index (κ2) is 11.8. The number of methoxy groups -OCH3 is 1. The molecular formula is C25H25BrN4O7S2. The number of halogens is 1. The third-order valence-corrected chi connectivity index (χ3v) is 10.4. The molecule has 1 aliphatic rings. The van der Waals surface area contributed by atoms with Crippen molar-refractivity contribution in [3.63, 3.8) is 0 Å². The van der Waals surface area contributed by atoms with E-state index in [2.05, 4.69) is 26.5 Å². The topological polar surface area (TPSA) is 146 Å². The van der Waals surface area contributed by atoms with Gasteiger partial charge >= 0.3 is 0 Å². The summed E-state index contributed by atoms with van der Waals surface area (Å²) in [5.74, 6) is -0.753. The second-order valence-electron chi connectivity index (χ2n) is 8.41. The number of hydrogen-bond acceptors (Lipinski definition) is 8. The zero-order valence-electron chi connectivity index (χ0n) is 20.6. The van der Waals surface area contributed by atoms with Crippen LogP contribution in [0.2, 0.25) is 0 Å². The first-order valence-electron chi connectivity index (χ1n) is 11.6. The van der Waals surface area contributed by atoms with E-state index in [-0.39, 0.29) is 34.4 Å². The minimum absolute atomic E-state index is 0.0216. The molecule has 3 aromatic rings. The number of phenolic OH excluding ortho intramolecular Hbond substituents is 1. The lowest BCUT2D eigenvalue weighted by Crippen LogP contribution is -2.60. The summed E-state index contributed by atoms with van der Waals surface area (Å²) < 4.78 is 61.0. The van der Waals surface area contributed by atoms with Gasteiger partial charge in [0.2, 0.25) is 20.0 Å². The molecule has 0 spiro atoms. The molecule has 0 aliphatic carbocycles. The molecule has 39 heavy (non-hydrogen) atoms. The Kier molecular flexibility index (Phi) is 8.71. The molecule has 11 nitrogen and oxygen atoms in total. The fourth-order valence-corrected chi connectivity index (χ4v) is 7.51. The van der Waals surface area contributed by atoms with Crippen LogP contribution in [0.25, 0.3) is 0 Å². The molecule has 0 bridgehead atoms. The van der Waals surface area contributed by atoms with Crippen molar-refractivity contribution in [3.05, 3.63) is 82.8 Å². The van der Waals surface area contributed by atoms with Crippen molar-refractivity contribution < 1.29 is 31.5 Å². The summed E-state index contributed by atoms with van der Waals surface area (Å²) in [6.45, 7) is -0.798. The number of aromatic hydroxyl groups is 1. The van der Waals surface area contributed by atoms with Crippen molar-refractivity contribution in [2.45, 2.75) is 15.8 Å². The normalized spacial score (nSPS) is 17.2. The van der Waals surface area contributed by atoms with E-state index in [0.717, 1.165) is 8.61 Å². The lowest BCUT2D eigenvalue weighted by atomic mass is 10.2. The van der Waals surface area contributed by atoms with E-state index >= 15 is 0 Å². The SMILES string of the molecule is COc1cc(/C=N\NC(=O)[C@@H]2CN(S(=O)(=O)c3ccccc3)CCN2S(=O)(=O)c2ccccc2)cc(Br)c1O. The number of hydrogen-bond donors (Lipinski definition) is 2. The highest BCUT2D eigenvalue weighted by Gasteiger charge is 2.43. The molecule has 0 saturated carbocycles. The predicted octanol–water partition coefficient (Wildman–Crippen LogP) is 2.38. The number of ether oxygens (including phenoxy) is 1. The van der Waals surface area contributed by atoms with Crippen LogP contribution < -0.4 is 10.2 Å². The van der Waals surface area contributed by atoms with Gasteiger partial charge in [0, 0.05) is 19.6 Å². The van der Waals surface area contributed by atoms with Gasteiger partial charge in [-0.05, 0) is 57.9 Å². The molecule has 206 valence electrons. The summed E-state index contributed by atoms with van der Waals surface area (Å²) >= 11 is 3.20. The van der Waals surface area contributed by atoms with Crippen molar-refractivity contribution >= 4 is 48.1 Å². The molecule has 1 atom stereocenters. The van der Waals surface area contributed by atoms with E-state index in [1.54, 1.807) is 36.4 Å². The van der Waals surface area contributed by atoms with E-state index in [1.165, 1.54) is 49.7 Å². The van der Waals surface area contributed by atoms with Crippen LogP contribution in [0, 0.1) is 0 Å². The lowest BCUT2D eigenvalue weighted by molar-refractivity contribution is -0.125. The number of amides is 1. The minimum Gasteiger partial charge on any atom is -0.503 e. The second-order valence-corrected chi connectivity index (χ2v) is 13.1. The van der Waals surface area contributed by atoms with Crippen molar-refractivity contribution in [3.8, 4) is 11.5 Å². The van der Waals surface area contributed by atoms with E-state index < -0.39 is 38.5 Å². The van der Waals surface area contributed by atoms with Crippen LogP contribution in [0.3, 0.4) is 0 Å². The van der Waals surface area contributed by atoms with Crippen molar-refractivity contribution in [1.29, 1.82) is 0 Å². The standard InChI is InChI=1S/C25H25BrN4O7S2/c1-37-23-15-18(14-21(26)24(23)31)16-27-28-25(32)22-17-29(38(33,34)19-8-4-2-5-9-19)12-13-30(22)39(35,36)20-10-6-3-7-11-20/h2-11,14-16,22,31H,12-13,17H2,1H3,(H,28,32)/b27-16-/t22-/m0/s1. The Balaban J connectivity index is 1.63. The number of rotatable bonds is 8. The summed E-state index contributed by atoms with van der Waals surface area (Å²) in [5.41, 5.74) is 2.78. The maximum absolute atomic E-state index is 13.5. The molecule has 0 radical (unpaired) electrons. The lowest BCUT2D eigenvalue weighted by Gasteiger charge is -2.38. The molecule has 2 N–H and O–H groups in total. The first kappa shape index (κ1) is 28.7. The van der Waals surface area contributed by atoms with Gasteiger partial charge in [-0.2, -0.15) is 13.7 Å². The largest absolute Gasteiger partial charge is 0.503 e. The number of phenols is 1. The van der Waals surface area contributed by atoms with Crippen LogP contribution in [0.15, 0.2) is 92.2 Å². The van der Waals surface area contributed by atoms with Gasteiger partial charge in [0.25, 0.3) is 5.91 Å². The number of nitrogens with zero attached hydrogens (tertiary/aromatic N) is 3. The molecule has 0 aromatic heterocycles. The smallest absolute Gasteiger partial charge is 0.259 e. The number of benzene rings is 3. The van der Waals surface area contributed by atoms with Gasteiger partial charge in [-0.15, -0.1) is 0 Å². The third-order valence-electron chi connectivity index (χ3n) is 5.99. The monoisotopic (exact) mass is 636 g/mol. The van der Waals surface area contributed by atoms with Gasteiger partial charge in [-0.1, -0.05) is 36.4 Å². The Labute approximate surface area is 234 Å². The average molecular weight is 638 g/mol. The average Bonchev–Trinajstić information content (AvgIpc) is 2.95. The third kappa shape index (κ3) is 6.15. The summed E-state index contributed by atoms with van der Waals surface area (Å²) in [7, 11) is -6.75. The van der Waals surface area contributed by atoms with Crippen molar-refractivity contribution in [2.75, 3.05) is 26.7 Å². The van der Waals surface area contributed by atoms with Gasteiger partial charge in [-0.3, -0.25) is 4.79 Å². The summed E-state index contributed by atoms with van der Waals surface area (Å²) in [5, 5.41) is 13.9. The molecular weight excluding hydrogens is 612 g/mol. The Morgan fingerprint density at radius 2 is 1.59 bits per heavy atom. The molecule has 4 rings (SSSR count). The van der Waals surface area contributed by atoms with Gasteiger partial charge in [0.05, 0.1) is 27.6 Å². The van der Waals surface area contributed by atoms with Crippen molar-refractivity contribution in [2.24, 2.45) is 5.10 Å². The number of carbonyl (C=O) groups is 1. The Hall–Kier alpha value is -3.30. The Morgan fingerprint density at radius 1 is 1.00 bits per heavy atom. The fraction of sp³-hybridized carbons (Fsp3) is 0.200. The maximum atomic E-state index is 13.5. The molecule has 0 unspecified atom stereocenters. The van der Waals surface area contributed by atoms with Crippen LogP contribution in [0.5, 0.6) is 11.5 Å². The maximum Gasteiger partial charge on any atom is 0.259 e. The number of carbonyl (C=O) groups excluding carboxylic acids is 1. The number of sulfonamides is 2. The van der Waals surface area contributed by atoms with Gasteiger partial charge in [0.15, 0.2) is 11.5 Å². The number of nitrogens with one attached hydrogen (secondary N) is 1. The molecule has 14 heteroatoms. The van der Waals surface area contributed by atoms with E-state index in [4.69, 9.17) is 4.74 Å². The molecule has 1 amide bonds. The van der Waals surface area contributed by atoms with E-state index in [0.29, 0.717) is 10.0 Å². The number of piperazine rings is 1. The van der Waals surface area contributed by atoms with Gasteiger partial charge in [0.1, 0.15) is 6.04 Å². The Bertz CT molecular complexity index is 1590. The number of hydrazone groups is 1. The quantitative estimate of drug-likeness (QED) is 0.285. The fourth-order valence-electron chi connectivity index (χ4n) is 4.00. The summed E-state index contributed by atoms with van der Waals surface area (Å²) in [4.78, 5) is 13.3. The first-order chi connectivity index (χ1) is 18.6. The zero-order valence-corrected chi connectivity index (χ0v) is 23.9. The van der Waals surface area contributed by atoms with Crippen LogP contribution in [0.4, 0.5) is 0 Å². The first-order valence-corrected chi connectivity index (χ1v) is 15.2. The summed E-state index contributed by atoms with van der Waals surface area (Å²) in [6, 6.07) is 16.9. The zero-order chi connectivity index (χ0) is 28.2. The molecule has 1 heterocycles. The molecule has 1 aliphatic heterocycles. The van der Waals surface area contributed by atoms with Crippen molar-refractivity contribution in [1.82, 2.24) is 14.0 Å². The van der Waals surface area contributed by atoms with Crippen LogP contribution >= 0.6 is 15.9 Å². The van der Waals surface area contributed by atoms with Gasteiger partial charge in [-0.25, -0.2) is 22.3 Å². The predicted molar refractivity (Wildman–Crippen MR) is 147 cm³/mol. The highest BCUT2D eigenvalue weighted by atomic mass is 79.9. The molecule has 3 aromatic carbocycles. The van der Waals surface area contributed by atoms with Crippen LogP contribution in [-0.4, -0.2) is 75.5 Å². The van der Waals surface area contributed by atoms with Gasteiger partial charge < -0.3 is 9.84 Å². The van der Waals surface area contributed by atoms with E-state index in [9.17, 15) is 26.7 Å². The Morgan fingerprint density at radius 3 is 2.18 bits per heavy atom. The highest BCUT2D eigenvalue weighted by Crippen LogP contribution is 2.34. The molecule has 1 saturated heterocycles. The summed E-state index contributed by atoms with van der Waals surface area (Å²) in [6.07, 6.45) is 1.28. The van der Waals surface area contributed by atoms with E-state index in [1.807, 2.05) is 0 Å². The van der Waals surface area contributed by atoms with Crippen LogP contribution in [0.1, 0.15) is 5.56 Å². The van der Waals surface area contributed by atoms with Crippen LogP contribution in [-0.2, 0) is 24.8 Å².